The molecule has 0 radical (unpaired) electrons. The summed E-state index contributed by atoms with van der Waals surface area (Å²) < 4.78 is 5.50. The zero-order valence-electron chi connectivity index (χ0n) is 56.9. The molecule has 0 fully saturated rings. The van der Waals surface area contributed by atoms with E-state index >= 15 is 0 Å². The molecule has 496 valence electrons. The number of unbranched alkanes of at least 4 members (excludes halogenated alkanes) is 55. The molecule has 0 aromatic carbocycles. The number of amides is 1. The molecule has 0 bridgehead atoms. The van der Waals surface area contributed by atoms with Gasteiger partial charge in [0.25, 0.3) is 0 Å². The standard InChI is InChI=1S/C78H149NO5/c1-3-5-7-9-11-13-15-17-19-21-35-39-42-46-50-54-58-62-66-70-76(81)75(74-80)79-77(82)71-67-63-59-55-51-47-43-40-36-33-31-29-27-25-23-22-24-26-28-30-32-34-37-41-45-49-53-57-61-65-69-73-84-78(83)72-68-64-60-56-52-48-44-38-20-18-16-14-12-10-8-6-4-2/h12,14,18,20,24,26,75-76,80-81H,3-11,13,15-17,19,21-23,25,27-74H2,1-2H3,(H,79,82)/b14-12-,20-18-,26-24-. The Morgan fingerprint density at radius 3 is 0.940 bits per heavy atom. The second-order valence-corrected chi connectivity index (χ2v) is 26.3. The monoisotopic (exact) mass is 1180 g/mol. The molecule has 6 nitrogen and oxygen atoms in total. The van der Waals surface area contributed by atoms with E-state index in [9.17, 15) is 19.8 Å². The lowest BCUT2D eigenvalue weighted by molar-refractivity contribution is -0.143. The van der Waals surface area contributed by atoms with Crippen LogP contribution in [0.2, 0.25) is 0 Å². The first-order valence-corrected chi connectivity index (χ1v) is 38.2. The number of aliphatic hydroxyl groups excluding tert-OH is 2. The Labute approximate surface area is 525 Å². The number of nitrogens with one attached hydrogen (secondary N) is 1. The Hall–Kier alpha value is -1.92. The van der Waals surface area contributed by atoms with E-state index in [2.05, 4.69) is 55.6 Å². The van der Waals surface area contributed by atoms with Crippen LogP contribution in [0.3, 0.4) is 0 Å². The van der Waals surface area contributed by atoms with Crippen LogP contribution in [0.15, 0.2) is 36.5 Å². The van der Waals surface area contributed by atoms with E-state index in [4.69, 9.17) is 4.74 Å². The summed E-state index contributed by atoms with van der Waals surface area (Å²) >= 11 is 0. The van der Waals surface area contributed by atoms with Crippen molar-refractivity contribution in [2.75, 3.05) is 13.2 Å². The van der Waals surface area contributed by atoms with E-state index in [1.54, 1.807) is 0 Å². The van der Waals surface area contributed by atoms with Gasteiger partial charge in [-0.3, -0.25) is 9.59 Å². The molecular weight excluding hydrogens is 1030 g/mol. The number of hydrogen-bond donors (Lipinski definition) is 3. The van der Waals surface area contributed by atoms with Gasteiger partial charge in [-0.1, -0.05) is 365 Å². The van der Waals surface area contributed by atoms with Crippen molar-refractivity contribution < 1.29 is 24.5 Å². The first kappa shape index (κ1) is 82.1. The Kier molecular flexibility index (Phi) is 71.9. The Balaban J connectivity index is 3.36. The molecule has 0 aliphatic carbocycles. The van der Waals surface area contributed by atoms with Gasteiger partial charge in [0.1, 0.15) is 0 Å². The van der Waals surface area contributed by atoms with Crippen molar-refractivity contribution in [1.29, 1.82) is 0 Å². The fourth-order valence-corrected chi connectivity index (χ4v) is 12.1. The van der Waals surface area contributed by atoms with Crippen molar-refractivity contribution in [2.24, 2.45) is 0 Å². The second kappa shape index (κ2) is 73.5. The van der Waals surface area contributed by atoms with Crippen molar-refractivity contribution in [3.8, 4) is 0 Å². The Morgan fingerprint density at radius 2 is 0.595 bits per heavy atom. The molecule has 6 heteroatoms. The average molecular weight is 1180 g/mol. The summed E-state index contributed by atoms with van der Waals surface area (Å²) in [7, 11) is 0. The first-order chi connectivity index (χ1) is 41.5. The van der Waals surface area contributed by atoms with Crippen LogP contribution >= 0.6 is 0 Å². The highest BCUT2D eigenvalue weighted by Crippen LogP contribution is 2.19. The van der Waals surface area contributed by atoms with Gasteiger partial charge in [0, 0.05) is 12.8 Å². The average Bonchev–Trinajstić information content (AvgIpc) is 3.51. The lowest BCUT2D eigenvalue weighted by Crippen LogP contribution is -2.45. The highest BCUT2D eigenvalue weighted by Gasteiger charge is 2.20. The topological polar surface area (TPSA) is 95.9 Å². The molecule has 0 saturated heterocycles. The third-order valence-electron chi connectivity index (χ3n) is 17.9. The lowest BCUT2D eigenvalue weighted by Gasteiger charge is -2.22. The van der Waals surface area contributed by atoms with Gasteiger partial charge in [-0.05, 0) is 83.5 Å². The summed E-state index contributed by atoms with van der Waals surface area (Å²) in [6.45, 7) is 4.97. The largest absolute Gasteiger partial charge is 0.466 e. The molecule has 0 aliphatic rings. The number of carbonyl (C=O) groups is 2. The van der Waals surface area contributed by atoms with E-state index in [0.29, 0.717) is 25.9 Å². The van der Waals surface area contributed by atoms with Gasteiger partial charge in [0.05, 0.1) is 25.4 Å². The van der Waals surface area contributed by atoms with Gasteiger partial charge < -0.3 is 20.3 Å². The number of ether oxygens (including phenoxy) is 1. The van der Waals surface area contributed by atoms with E-state index in [0.717, 1.165) is 51.4 Å². The summed E-state index contributed by atoms with van der Waals surface area (Å²) in [6.07, 6.45) is 95.0. The van der Waals surface area contributed by atoms with Crippen molar-refractivity contribution in [1.82, 2.24) is 5.32 Å². The van der Waals surface area contributed by atoms with Crippen molar-refractivity contribution in [3.05, 3.63) is 36.5 Å². The van der Waals surface area contributed by atoms with Crippen LogP contribution in [0.25, 0.3) is 0 Å². The van der Waals surface area contributed by atoms with Crippen LogP contribution in [0.1, 0.15) is 425 Å². The smallest absolute Gasteiger partial charge is 0.305 e. The third-order valence-corrected chi connectivity index (χ3v) is 17.9. The first-order valence-electron chi connectivity index (χ1n) is 38.2. The summed E-state index contributed by atoms with van der Waals surface area (Å²) in [4.78, 5) is 24.6. The predicted molar refractivity (Wildman–Crippen MR) is 370 cm³/mol. The molecule has 0 aliphatic heterocycles. The van der Waals surface area contributed by atoms with Crippen LogP contribution < -0.4 is 5.32 Å². The van der Waals surface area contributed by atoms with Crippen LogP contribution in [0.5, 0.6) is 0 Å². The number of hydrogen-bond acceptors (Lipinski definition) is 5. The van der Waals surface area contributed by atoms with Gasteiger partial charge in [-0.2, -0.15) is 0 Å². The minimum atomic E-state index is -0.664. The van der Waals surface area contributed by atoms with Crippen molar-refractivity contribution in [2.45, 2.75) is 437 Å². The molecule has 2 atom stereocenters. The zero-order chi connectivity index (χ0) is 60.6. The highest BCUT2D eigenvalue weighted by atomic mass is 16.5. The number of aliphatic hydroxyl groups is 2. The normalized spacial score (nSPS) is 12.7. The number of esters is 1. The quantitative estimate of drug-likeness (QED) is 0.0320. The van der Waals surface area contributed by atoms with E-state index in [-0.39, 0.29) is 18.5 Å². The van der Waals surface area contributed by atoms with Crippen LogP contribution in [0, 0.1) is 0 Å². The Morgan fingerprint density at radius 1 is 0.333 bits per heavy atom. The molecule has 2 unspecified atom stereocenters. The summed E-state index contributed by atoms with van der Waals surface area (Å²) in [5.41, 5.74) is 0. The van der Waals surface area contributed by atoms with Gasteiger partial charge in [-0.25, -0.2) is 0 Å². The van der Waals surface area contributed by atoms with Gasteiger partial charge in [0.15, 0.2) is 0 Å². The minimum absolute atomic E-state index is 0.0106. The molecule has 0 spiro atoms. The van der Waals surface area contributed by atoms with Gasteiger partial charge in [0.2, 0.25) is 5.91 Å². The molecule has 0 rings (SSSR count). The maximum Gasteiger partial charge on any atom is 0.305 e. The summed E-state index contributed by atoms with van der Waals surface area (Å²) in [6, 6.07) is -0.541. The molecule has 0 heterocycles. The fourth-order valence-electron chi connectivity index (χ4n) is 12.1. The SMILES string of the molecule is CCCCC/C=C\C/C=C\CCCCCCCCCC(=O)OCCCCCCCCCCCCCC/C=C\CCCCCCCCCCCCCCCCCC(=O)NC(CO)C(O)CCCCCCCCCCCCCCCCCCCCC. The summed E-state index contributed by atoms with van der Waals surface area (Å²) in [5.74, 6) is -0.0181. The van der Waals surface area contributed by atoms with Gasteiger partial charge in [-0.15, -0.1) is 0 Å². The van der Waals surface area contributed by atoms with E-state index < -0.39 is 12.1 Å². The lowest BCUT2D eigenvalue weighted by atomic mass is 10.0. The molecule has 84 heavy (non-hydrogen) atoms. The number of rotatable bonds is 72. The predicted octanol–water partition coefficient (Wildman–Crippen LogP) is 25.0. The Bertz CT molecular complexity index is 1360. The third kappa shape index (κ3) is 69.2. The van der Waals surface area contributed by atoms with Crippen LogP contribution in [-0.2, 0) is 14.3 Å². The van der Waals surface area contributed by atoms with Crippen LogP contribution in [-0.4, -0.2) is 47.4 Å². The molecule has 3 N–H and O–H groups in total. The fraction of sp³-hybridized carbons (Fsp3) is 0.897. The van der Waals surface area contributed by atoms with E-state index in [1.807, 2.05) is 0 Å². The zero-order valence-corrected chi connectivity index (χ0v) is 56.9. The molecule has 0 aromatic rings. The number of allylic oxidation sites excluding steroid dienone is 6. The number of carbonyl (C=O) groups excluding carboxylic acids is 2. The maximum absolute atomic E-state index is 12.5. The second-order valence-electron chi connectivity index (χ2n) is 26.3. The van der Waals surface area contributed by atoms with Gasteiger partial charge >= 0.3 is 5.97 Å². The molecule has 1 amide bonds. The molecule has 0 aromatic heterocycles. The van der Waals surface area contributed by atoms with Crippen molar-refractivity contribution >= 4 is 11.9 Å². The molecular formula is C78H149NO5. The summed E-state index contributed by atoms with van der Waals surface area (Å²) in [5, 5.41) is 23.4. The van der Waals surface area contributed by atoms with E-state index in [1.165, 1.54) is 340 Å². The molecule has 0 saturated carbocycles. The van der Waals surface area contributed by atoms with Crippen LogP contribution in [0.4, 0.5) is 0 Å². The maximum atomic E-state index is 12.5. The van der Waals surface area contributed by atoms with Crippen molar-refractivity contribution in [3.63, 3.8) is 0 Å². The minimum Gasteiger partial charge on any atom is -0.466 e. The highest BCUT2D eigenvalue weighted by molar-refractivity contribution is 5.76.